The third-order valence-corrected chi connectivity index (χ3v) is 3.09. The number of hydrogen-bond acceptors (Lipinski definition) is 4. The van der Waals surface area contributed by atoms with Crippen LogP contribution in [-0.2, 0) is 24.1 Å². The summed E-state index contributed by atoms with van der Waals surface area (Å²) in [5.41, 5.74) is 3.36. The van der Waals surface area contributed by atoms with Gasteiger partial charge in [0.1, 0.15) is 6.42 Å². The number of aromatic nitrogens is 4. The molecular weight excluding hydrogens is 220 g/mol. The summed E-state index contributed by atoms with van der Waals surface area (Å²) in [5, 5.41) is 13.0. The normalized spacial score (nSPS) is 14.2. The van der Waals surface area contributed by atoms with E-state index < -0.39 is 5.97 Å². The van der Waals surface area contributed by atoms with Gasteiger partial charge < -0.3 is 5.11 Å². The van der Waals surface area contributed by atoms with E-state index in [1.54, 1.807) is 4.52 Å². The van der Waals surface area contributed by atoms with E-state index in [9.17, 15) is 4.79 Å². The Morgan fingerprint density at radius 2 is 2.24 bits per heavy atom. The maximum Gasteiger partial charge on any atom is 0.311 e. The highest BCUT2D eigenvalue weighted by molar-refractivity contribution is 5.69. The smallest absolute Gasteiger partial charge is 0.311 e. The molecule has 0 atom stereocenters. The first-order valence-electron chi connectivity index (χ1n) is 5.61. The summed E-state index contributed by atoms with van der Waals surface area (Å²) in [4.78, 5) is 19.2. The fourth-order valence-electron chi connectivity index (χ4n) is 2.38. The molecule has 3 rings (SSSR count). The molecule has 6 heteroatoms. The van der Waals surface area contributed by atoms with Crippen molar-refractivity contribution < 1.29 is 9.90 Å². The summed E-state index contributed by atoms with van der Waals surface area (Å²) in [7, 11) is 0. The van der Waals surface area contributed by atoms with Crippen molar-refractivity contribution in [2.45, 2.75) is 32.6 Å². The summed E-state index contributed by atoms with van der Waals surface area (Å²) < 4.78 is 1.70. The van der Waals surface area contributed by atoms with Gasteiger partial charge in [-0.15, -0.1) is 5.10 Å². The second-order valence-electron chi connectivity index (χ2n) is 4.29. The molecule has 0 unspecified atom stereocenters. The molecule has 0 spiro atoms. The lowest BCUT2D eigenvalue weighted by Gasteiger charge is -2.03. The van der Waals surface area contributed by atoms with Crippen LogP contribution in [0.3, 0.4) is 0 Å². The van der Waals surface area contributed by atoms with E-state index in [2.05, 4.69) is 15.1 Å². The largest absolute Gasteiger partial charge is 0.481 e. The molecule has 0 fully saturated rings. The van der Waals surface area contributed by atoms with Crippen LogP contribution >= 0.6 is 0 Å². The molecule has 1 N–H and O–H groups in total. The number of carboxylic acids is 1. The summed E-state index contributed by atoms with van der Waals surface area (Å²) in [6.07, 6.45) is 2.94. The average molecular weight is 232 g/mol. The highest BCUT2D eigenvalue weighted by Crippen LogP contribution is 2.24. The Hall–Kier alpha value is -1.98. The van der Waals surface area contributed by atoms with Crippen LogP contribution in [0.4, 0.5) is 0 Å². The molecule has 0 saturated carbocycles. The molecule has 2 aromatic rings. The van der Waals surface area contributed by atoms with Crippen LogP contribution in [0, 0.1) is 6.92 Å². The lowest BCUT2D eigenvalue weighted by molar-refractivity contribution is -0.136. The number of aliphatic carboxylic acids is 1. The van der Waals surface area contributed by atoms with Crippen LogP contribution in [0.1, 0.15) is 29.2 Å². The summed E-state index contributed by atoms with van der Waals surface area (Å²) >= 11 is 0. The van der Waals surface area contributed by atoms with Gasteiger partial charge in [0.15, 0.2) is 5.82 Å². The van der Waals surface area contributed by atoms with Crippen LogP contribution in [0.25, 0.3) is 5.78 Å². The monoisotopic (exact) mass is 232 g/mol. The van der Waals surface area contributed by atoms with Gasteiger partial charge in [-0.3, -0.25) is 4.79 Å². The van der Waals surface area contributed by atoms with E-state index in [0.717, 1.165) is 30.7 Å². The highest BCUT2D eigenvalue weighted by Gasteiger charge is 2.20. The molecule has 6 nitrogen and oxygen atoms in total. The fourth-order valence-corrected chi connectivity index (χ4v) is 2.38. The molecule has 0 aromatic carbocycles. The number of carboxylic acid groups (broad SMARTS) is 1. The number of fused-ring (bicyclic) bond motifs is 3. The van der Waals surface area contributed by atoms with E-state index in [-0.39, 0.29) is 6.42 Å². The van der Waals surface area contributed by atoms with Crippen LogP contribution < -0.4 is 0 Å². The summed E-state index contributed by atoms with van der Waals surface area (Å²) in [5.74, 6) is -0.0848. The van der Waals surface area contributed by atoms with Gasteiger partial charge in [-0.05, 0) is 31.7 Å². The van der Waals surface area contributed by atoms with Gasteiger partial charge in [0, 0.05) is 5.69 Å². The van der Waals surface area contributed by atoms with Gasteiger partial charge in [0.2, 0.25) is 0 Å². The topological polar surface area (TPSA) is 80.4 Å². The predicted molar refractivity (Wildman–Crippen MR) is 58.9 cm³/mol. The second kappa shape index (κ2) is 3.51. The maximum absolute atomic E-state index is 10.6. The molecule has 17 heavy (non-hydrogen) atoms. The maximum atomic E-state index is 10.6. The molecule has 0 radical (unpaired) electrons. The minimum absolute atomic E-state index is 0.156. The van der Waals surface area contributed by atoms with Crippen molar-refractivity contribution in [2.24, 2.45) is 0 Å². The van der Waals surface area contributed by atoms with Crippen molar-refractivity contribution in [1.82, 2.24) is 19.6 Å². The van der Waals surface area contributed by atoms with E-state index in [1.807, 2.05) is 6.92 Å². The van der Waals surface area contributed by atoms with Crippen molar-refractivity contribution in [1.29, 1.82) is 0 Å². The Kier molecular flexibility index (Phi) is 2.10. The summed E-state index contributed by atoms with van der Waals surface area (Å²) in [6, 6.07) is 0. The van der Waals surface area contributed by atoms with E-state index in [1.165, 1.54) is 5.56 Å². The van der Waals surface area contributed by atoms with Crippen molar-refractivity contribution in [3.63, 3.8) is 0 Å². The third kappa shape index (κ3) is 1.56. The zero-order chi connectivity index (χ0) is 12.0. The van der Waals surface area contributed by atoms with E-state index in [4.69, 9.17) is 5.11 Å². The third-order valence-electron chi connectivity index (χ3n) is 3.09. The Labute approximate surface area is 97.3 Å². The molecule has 0 bridgehead atoms. The van der Waals surface area contributed by atoms with Gasteiger partial charge >= 0.3 is 5.97 Å². The van der Waals surface area contributed by atoms with Crippen molar-refractivity contribution in [3.05, 3.63) is 22.8 Å². The Morgan fingerprint density at radius 1 is 1.41 bits per heavy atom. The molecule has 1 aliphatic carbocycles. The van der Waals surface area contributed by atoms with Crippen LogP contribution in [-0.4, -0.2) is 30.7 Å². The van der Waals surface area contributed by atoms with Gasteiger partial charge in [0.25, 0.3) is 5.78 Å². The second-order valence-corrected chi connectivity index (χ2v) is 4.29. The van der Waals surface area contributed by atoms with E-state index in [0.29, 0.717) is 11.6 Å². The van der Waals surface area contributed by atoms with Gasteiger partial charge in [0.05, 0.1) is 5.69 Å². The molecule has 0 amide bonds. The quantitative estimate of drug-likeness (QED) is 0.817. The first kappa shape index (κ1) is 10.2. The predicted octanol–water partition coefficient (Wildman–Crippen LogP) is 0.549. The number of hydrogen-bond donors (Lipinski definition) is 1. The average Bonchev–Trinajstić information content (AvgIpc) is 2.81. The van der Waals surface area contributed by atoms with Crippen LogP contribution in [0.5, 0.6) is 0 Å². The standard InChI is InChI=1S/C11H12N4O2/c1-6-7-3-2-4-8(7)15-11(12-6)13-9(14-15)5-10(16)17/h2-5H2,1H3,(H,16,17). The molecule has 88 valence electrons. The summed E-state index contributed by atoms with van der Waals surface area (Å²) in [6.45, 7) is 1.97. The van der Waals surface area contributed by atoms with Crippen LogP contribution in [0.15, 0.2) is 0 Å². The van der Waals surface area contributed by atoms with Crippen molar-refractivity contribution in [2.75, 3.05) is 0 Å². The number of aryl methyl sites for hydroxylation is 2. The number of nitrogens with zero attached hydrogens (tertiary/aromatic N) is 4. The van der Waals surface area contributed by atoms with Crippen molar-refractivity contribution in [3.8, 4) is 0 Å². The first-order chi connectivity index (χ1) is 8.15. The lowest BCUT2D eigenvalue weighted by atomic mass is 10.2. The van der Waals surface area contributed by atoms with Gasteiger partial charge in [-0.25, -0.2) is 9.50 Å². The Balaban J connectivity index is 2.19. The van der Waals surface area contributed by atoms with Gasteiger partial charge in [-0.2, -0.15) is 4.98 Å². The molecule has 2 heterocycles. The van der Waals surface area contributed by atoms with Crippen molar-refractivity contribution >= 4 is 11.7 Å². The molecule has 1 aliphatic rings. The molecular formula is C11H12N4O2. The Morgan fingerprint density at radius 3 is 3.00 bits per heavy atom. The SMILES string of the molecule is Cc1nc2nc(CC(=O)O)nn2c2c1CCC2. The first-order valence-corrected chi connectivity index (χ1v) is 5.61. The number of carbonyl (C=O) groups is 1. The molecule has 2 aromatic heterocycles. The minimum atomic E-state index is -0.922. The molecule has 0 saturated heterocycles. The lowest BCUT2D eigenvalue weighted by Crippen LogP contribution is -2.04. The fraction of sp³-hybridized carbons (Fsp3) is 0.455. The Bertz CT molecular complexity index is 617. The molecule has 0 aliphatic heterocycles. The zero-order valence-corrected chi connectivity index (χ0v) is 9.47. The minimum Gasteiger partial charge on any atom is -0.481 e. The van der Waals surface area contributed by atoms with Gasteiger partial charge in [-0.1, -0.05) is 0 Å². The number of rotatable bonds is 2. The van der Waals surface area contributed by atoms with E-state index >= 15 is 0 Å². The van der Waals surface area contributed by atoms with Crippen LogP contribution in [0.2, 0.25) is 0 Å². The highest BCUT2D eigenvalue weighted by atomic mass is 16.4. The zero-order valence-electron chi connectivity index (χ0n) is 9.47.